The first-order valence-corrected chi connectivity index (χ1v) is 7.83. The van der Waals surface area contributed by atoms with Gasteiger partial charge < -0.3 is 9.31 Å². The van der Waals surface area contributed by atoms with E-state index < -0.39 is 0 Å². The number of pyridine rings is 1. The van der Waals surface area contributed by atoms with E-state index in [0.29, 0.717) is 0 Å². The van der Waals surface area contributed by atoms with Crippen molar-refractivity contribution in [3.63, 3.8) is 0 Å². The van der Waals surface area contributed by atoms with Crippen LogP contribution in [0.3, 0.4) is 0 Å². The standard InChI is InChI=1S/C17H26BNO2/c1-6-7-8-11-15(14-10-9-12-19-13-14)18-20-16(2,3)17(4,5)21-18/h9-13H,6-8H2,1-5H3/b15-11+. The molecule has 1 fully saturated rings. The number of allylic oxidation sites excluding steroid dienone is 1. The predicted molar refractivity (Wildman–Crippen MR) is 87.8 cm³/mol. The minimum Gasteiger partial charge on any atom is -0.399 e. The summed E-state index contributed by atoms with van der Waals surface area (Å²) in [6.07, 6.45) is 9.29. The Hall–Kier alpha value is -1.13. The first kappa shape index (κ1) is 16.2. The maximum atomic E-state index is 6.19. The van der Waals surface area contributed by atoms with Crippen molar-refractivity contribution in [2.75, 3.05) is 0 Å². The molecule has 0 N–H and O–H groups in total. The second-order valence-electron chi connectivity index (χ2n) is 6.63. The molecule has 0 unspecified atom stereocenters. The van der Waals surface area contributed by atoms with Crippen LogP contribution in [0.15, 0.2) is 30.6 Å². The van der Waals surface area contributed by atoms with Crippen molar-refractivity contribution in [3.8, 4) is 0 Å². The van der Waals surface area contributed by atoms with Gasteiger partial charge in [0.05, 0.1) is 11.2 Å². The molecule has 1 aliphatic rings. The Morgan fingerprint density at radius 2 is 1.90 bits per heavy atom. The van der Waals surface area contributed by atoms with E-state index >= 15 is 0 Å². The van der Waals surface area contributed by atoms with E-state index in [9.17, 15) is 0 Å². The number of rotatable bonds is 5. The van der Waals surface area contributed by atoms with E-state index in [-0.39, 0.29) is 18.3 Å². The molecule has 2 rings (SSSR count). The smallest absolute Gasteiger partial charge is 0.399 e. The molecule has 3 nitrogen and oxygen atoms in total. The van der Waals surface area contributed by atoms with Gasteiger partial charge in [-0.2, -0.15) is 0 Å². The lowest BCUT2D eigenvalue weighted by atomic mass is 9.74. The van der Waals surface area contributed by atoms with Crippen LogP contribution in [-0.2, 0) is 9.31 Å². The highest BCUT2D eigenvalue weighted by atomic mass is 16.7. The number of hydrogen-bond donors (Lipinski definition) is 0. The maximum absolute atomic E-state index is 6.19. The largest absolute Gasteiger partial charge is 0.495 e. The molecule has 21 heavy (non-hydrogen) atoms. The molecule has 1 aromatic heterocycles. The zero-order valence-electron chi connectivity index (χ0n) is 13.8. The fourth-order valence-electron chi connectivity index (χ4n) is 2.32. The van der Waals surface area contributed by atoms with Crippen LogP contribution < -0.4 is 0 Å². The lowest BCUT2D eigenvalue weighted by Crippen LogP contribution is -2.41. The van der Waals surface area contributed by atoms with Crippen molar-refractivity contribution in [1.82, 2.24) is 4.98 Å². The van der Waals surface area contributed by atoms with Crippen LogP contribution in [0.25, 0.3) is 5.47 Å². The van der Waals surface area contributed by atoms with Crippen LogP contribution in [0.4, 0.5) is 0 Å². The van der Waals surface area contributed by atoms with Gasteiger partial charge in [0.1, 0.15) is 0 Å². The van der Waals surface area contributed by atoms with E-state index in [2.05, 4.69) is 51.7 Å². The first-order valence-electron chi connectivity index (χ1n) is 7.83. The monoisotopic (exact) mass is 287 g/mol. The first-order chi connectivity index (χ1) is 9.87. The van der Waals surface area contributed by atoms with Gasteiger partial charge in [0, 0.05) is 12.4 Å². The Morgan fingerprint density at radius 3 is 2.43 bits per heavy atom. The van der Waals surface area contributed by atoms with Crippen LogP contribution in [-0.4, -0.2) is 23.3 Å². The molecule has 1 saturated heterocycles. The average Bonchev–Trinajstić information content (AvgIpc) is 2.64. The summed E-state index contributed by atoms with van der Waals surface area (Å²) in [6, 6.07) is 4.02. The molecular formula is C17H26BNO2. The fourth-order valence-corrected chi connectivity index (χ4v) is 2.32. The quantitative estimate of drug-likeness (QED) is 0.598. The van der Waals surface area contributed by atoms with Gasteiger partial charge >= 0.3 is 7.12 Å². The van der Waals surface area contributed by atoms with E-state index in [0.717, 1.165) is 17.5 Å². The normalized spacial score (nSPS) is 20.8. The van der Waals surface area contributed by atoms with Crippen LogP contribution in [0.2, 0.25) is 0 Å². The Bertz CT molecular complexity index is 481. The van der Waals surface area contributed by atoms with Crippen LogP contribution in [0.1, 0.15) is 59.4 Å². The van der Waals surface area contributed by atoms with Gasteiger partial charge in [-0.15, -0.1) is 0 Å². The maximum Gasteiger partial charge on any atom is 0.495 e. The summed E-state index contributed by atoms with van der Waals surface area (Å²) in [5.74, 6) is 0. The molecular weight excluding hydrogens is 261 g/mol. The lowest BCUT2D eigenvalue weighted by Gasteiger charge is -2.32. The highest BCUT2D eigenvalue weighted by molar-refractivity contribution is 6.68. The van der Waals surface area contributed by atoms with E-state index in [1.807, 2.05) is 12.3 Å². The molecule has 0 amide bonds. The highest BCUT2D eigenvalue weighted by Crippen LogP contribution is 2.40. The summed E-state index contributed by atoms with van der Waals surface area (Å²) in [5, 5.41) is 0. The van der Waals surface area contributed by atoms with Gasteiger partial charge in [-0.3, -0.25) is 4.98 Å². The zero-order chi connectivity index (χ0) is 15.5. The van der Waals surface area contributed by atoms with Crippen LogP contribution >= 0.6 is 0 Å². The minimum atomic E-state index is -0.323. The molecule has 0 bridgehead atoms. The fraction of sp³-hybridized carbons (Fsp3) is 0.588. The third-order valence-corrected chi connectivity index (χ3v) is 4.42. The Balaban J connectivity index is 2.28. The Morgan fingerprint density at radius 1 is 1.24 bits per heavy atom. The lowest BCUT2D eigenvalue weighted by molar-refractivity contribution is 0.00578. The van der Waals surface area contributed by atoms with Gasteiger partial charge in [-0.05, 0) is 51.2 Å². The number of aromatic nitrogens is 1. The Labute approximate surface area is 128 Å². The van der Waals surface area contributed by atoms with Crippen molar-refractivity contribution in [2.24, 2.45) is 0 Å². The van der Waals surface area contributed by atoms with Crippen LogP contribution in [0, 0.1) is 0 Å². The number of hydrogen-bond acceptors (Lipinski definition) is 3. The van der Waals surface area contributed by atoms with Gasteiger partial charge in [0.25, 0.3) is 0 Å². The van der Waals surface area contributed by atoms with Gasteiger partial charge in [0.2, 0.25) is 0 Å². The van der Waals surface area contributed by atoms with Crippen molar-refractivity contribution in [3.05, 3.63) is 36.2 Å². The molecule has 0 saturated carbocycles. The minimum absolute atomic E-state index is 0.316. The average molecular weight is 287 g/mol. The van der Waals surface area contributed by atoms with Crippen molar-refractivity contribution in [2.45, 2.75) is 65.1 Å². The molecule has 0 aliphatic carbocycles. The van der Waals surface area contributed by atoms with Gasteiger partial charge in [-0.1, -0.05) is 31.9 Å². The molecule has 0 aromatic carbocycles. The molecule has 1 aliphatic heterocycles. The third-order valence-electron chi connectivity index (χ3n) is 4.42. The summed E-state index contributed by atoms with van der Waals surface area (Å²) in [7, 11) is -0.323. The number of nitrogens with zero attached hydrogens (tertiary/aromatic N) is 1. The van der Waals surface area contributed by atoms with E-state index in [1.165, 1.54) is 12.8 Å². The second-order valence-corrected chi connectivity index (χ2v) is 6.63. The zero-order valence-corrected chi connectivity index (χ0v) is 13.8. The molecule has 2 heterocycles. The molecule has 0 radical (unpaired) electrons. The van der Waals surface area contributed by atoms with E-state index in [4.69, 9.17) is 9.31 Å². The van der Waals surface area contributed by atoms with Gasteiger partial charge in [0.15, 0.2) is 0 Å². The second kappa shape index (κ2) is 6.33. The summed E-state index contributed by atoms with van der Waals surface area (Å²) >= 11 is 0. The molecule has 4 heteroatoms. The summed E-state index contributed by atoms with van der Waals surface area (Å²) in [4.78, 5) is 4.23. The third kappa shape index (κ3) is 3.56. The van der Waals surface area contributed by atoms with Crippen molar-refractivity contribution >= 4 is 12.6 Å². The predicted octanol–water partition coefficient (Wildman–Crippen LogP) is 4.29. The van der Waals surface area contributed by atoms with Gasteiger partial charge in [-0.25, -0.2) is 0 Å². The molecule has 0 atom stereocenters. The van der Waals surface area contributed by atoms with Crippen molar-refractivity contribution < 1.29 is 9.31 Å². The molecule has 1 aromatic rings. The van der Waals surface area contributed by atoms with E-state index in [1.54, 1.807) is 6.20 Å². The van der Waals surface area contributed by atoms with Crippen molar-refractivity contribution in [1.29, 1.82) is 0 Å². The molecule has 0 spiro atoms. The topological polar surface area (TPSA) is 31.4 Å². The number of unbranched alkanes of at least 4 members (excludes halogenated alkanes) is 2. The highest BCUT2D eigenvalue weighted by Gasteiger charge is 2.52. The molecule has 114 valence electrons. The Kier molecular flexibility index (Phi) is 4.90. The summed E-state index contributed by atoms with van der Waals surface area (Å²) < 4.78 is 12.4. The summed E-state index contributed by atoms with van der Waals surface area (Å²) in [6.45, 7) is 10.5. The SMILES string of the molecule is CCCC/C=C(/B1OC(C)(C)C(C)(C)O1)c1cccnc1. The summed E-state index contributed by atoms with van der Waals surface area (Å²) in [5.41, 5.74) is 1.54. The van der Waals surface area contributed by atoms with Crippen LogP contribution in [0.5, 0.6) is 0 Å².